The molecule has 1 N–H and O–H groups in total. The lowest BCUT2D eigenvalue weighted by atomic mass is 9.44. The molecule has 1 aromatic heterocycles. The summed E-state index contributed by atoms with van der Waals surface area (Å²) in [4.78, 5) is 29.7. The molecule has 9 atom stereocenters. The van der Waals surface area contributed by atoms with E-state index in [9.17, 15) is 14.7 Å². The molecular weight excluding hydrogens is 426 g/mol. The van der Waals surface area contributed by atoms with E-state index in [0.29, 0.717) is 48.0 Å². The van der Waals surface area contributed by atoms with Crippen LogP contribution >= 0.6 is 0 Å². The molecule has 34 heavy (non-hydrogen) atoms. The minimum Gasteiger partial charge on any atom is -0.506 e. The summed E-state index contributed by atoms with van der Waals surface area (Å²) >= 11 is 0. The van der Waals surface area contributed by atoms with E-state index in [1.807, 2.05) is 19.2 Å². The quantitative estimate of drug-likeness (QED) is 0.554. The number of esters is 1. The van der Waals surface area contributed by atoms with Crippen LogP contribution in [-0.4, -0.2) is 27.9 Å². The van der Waals surface area contributed by atoms with Crippen LogP contribution in [0.3, 0.4) is 0 Å². The number of pyridine rings is 1. The lowest BCUT2D eigenvalue weighted by molar-refractivity contribution is -0.169. The Morgan fingerprint density at radius 3 is 2.56 bits per heavy atom. The van der Waals surface area contributed by atoms with E-state index >= 15 is 0 Å². The second-order valence-electron chi connectivity index (χ2n) is 12.5. The van der Waals surface area contributed by atoms with Crippen LogP contribution in [0.1, 0.15) is 96.2 Å². The van der Waals surface area contributed by atoms with E-state index in [1.165, 1.54) is 26.2 Å². The predicted molar refractivity (Wildman–Crippen MR) is 130 cm³/mol. The molecule has 4 saturated carbocycles. The molecule has 5 heteroatoms. The predicted octanol–water partition coefficient (Wildman–Crippen LogP) is 5.97. The Kier molecular flexibility index (Phi) is 5.84. The summed E-state index contributed by atoms with van der Waals surface area (Å²) in [5, 5.41) is 10.6. The maximum Gasteiger partial charge on any atom is 0.302 e. The average Bonchev–Trinajstić information content (AvgIpc) is 3.11. The van der Waals surface area contributed by atoms with E-state index in [-0.39, 0.29) is 34.7 Å². The minimum absolute atomic E-state index is 0.0263. The van der Waals surface area contributed by atoms with Gasteiger partial charge in [-0.05, 0) is 98.0 Å². The molecule has 186 valence electrons. The van der Waals surface area contributed by atoms with Crippen LogP contribution in [0.2, 0.25) is 0 Å². The van der Waals surface area contributed by atoms with Crippen molar-refractivity contribution in [1.82, 2.24) is 4.98 Å². The van der Waals surface area contributed by atoms with Crippen LogP contribution in [0.25, 0.3) is 0 Å². The van der Waals surface area contributed by atoms with Crippen molar-refractivity contribution in [2.75, 3.05) is 0 Å². The minimum atomic E-state index is -0.233. The first-order valence-corrected chi connectivity index (χ1v) is 13.4. The maximum atomic E-state index is 13.5. The molecule has 1 aromatic rings. The molecule has 0 unspecified atom stereocenters. The van der Waals surface area contributed by atoms with Crippen molar-refractivity contribution in [1.29, 1.82) is 0 Å². The highest BCUT2D eigenvalue weighted by molar-refractivity contribution is 5.83. The first kappa shape index (κ1) is 23.8. The third kappa shape index (κ3) is 3.60. The Bertz CT molecular complexity index is 990. The number of rotatable bonds is 3. The Balaban J connectivity index is 1.39. The Hall–Kier alpha value is -1.91. The van der Waals surface area contributed by atoms with Crippen molar-refractivity contribution in [2.24, 2.45) is 40.4 Å². The van der Waals surface area contributed by atoms with Crippen LogP contribution < -0.4 is 0 Å². The van der Waals surface area contributed by atoms with Gasteiger partial charge >= 0.3 is 5.97 Å². The van der Waals surface area contributed by atoms with E-state index < -0.39 is 0 Å². The summed E-state index contributed by atoms with van der Waals surface area (Å²) in [6.07, 6.45) is 9.69. The van der Waals surface area contributed by atoms with Gasteiger partial charge in [0.05, 0.1) is 5.69 Å². The summed E-state index contributed by atoms with van der Waals surface area (Å²) in [7, 11) is 0. The number of nitrogens with zero attached hydrogens (tertiary/aromatic N) is 1. The molecule has 0 radical (unpaired) electrons. The van der Waals surface area contributed by atoms with Gasteiger partial charge in [0.2, 0.25) is 0 Å². The molecule has 0 aromatic carbocycles. The first-order valence-electron chi connectivity index (χ1n) is 13.4. The van der Waals surface area contributed by atoms with Crippen molar-refractivity contribution < 1.29 is 19.4 Å². The van der Waals surface area contributed by atoms with Gasteiger partial charge in [0, 0.05) is 31.4 Å². The fourth-order valence-corrected chi connectivity index (χ4v) is 9.31. The van der Waals surface area contributed by atoms with Crippen LogP contribution in [0, 0.1) is 47.3 Å². The summed E-state index contributed by atoms with van der Waals surface area (Å²) in [5.41, 5.74) is 2.02. The van der Waals surface area contributed by atoms with Crippen LogP contribution in [0.4, 0.5) is 0 Å². The van der Waals surface area contributed by atoms with Crippen LogP contribution in [0.5, 0.6) is 5.75 Å². The van der Waals surface area contributed by atoms with Crippen LogP contribution in [-0.2, 0) is 14.3 Å². The smallest absolute Gasteiger partial charge is 0.302 e. The van der Waals surface area contributed by atoms with Gasteiger partial charge in [0.1, 0.15) is 17.6 Å². The highest BCUT2D eigenvalue weighted by atomic mass is 16.5. The van der Waals surface area contributed by atoms with Gasteiger partial charge < -0.3 is 9.84 Å². The Morgan fingerprint density at radius 2 is 1.85 bits per heavy atom. The normalized spacial score (nSPS) is 42.3. The number of aromatic hydroxyl groups is 1. The number of hydrogen-bond acceptors (Lipinski definition) is 5. The molecule has 4 fully saturated rings. The zero-order chi connectivity index (χ0) is 24.4. The van der Waals surface area contributed by atoms with E-state index in [4.69, 9.17) is 4.74 Å². The van der Waals surface area contributed by atoms with Crippen molar-refractivity contribution in [3.8, 4) is 5.75 Å². The van der Waals surface area contributed by atoms with Crippen molar-refractivity contribution in [2.45, 2.75) is 98.0 Å². The third-order valence-corrected chi connectivity index (χ3v) is 10.9. The van der Waals surface area contributed by atoms with Crippen molar-refractivity contribution in [3.05, 3.63) is 23.5 Å². The lowest BCUT2D eigenvalue weighted by Gasteiger charge is -2.60. The van der Waals surface area contributed by atoms with E-state index in [0.717, 1.165) is 30.5 Å². The topological polar surface area (TPSA) is 76.5 Å². The van der Waals surface area contributed by atoms with E-state index in [2.05, 4.69) is 25.8 Å². The van der Waals surface area contributed by atoms with Gasteiger partial charge in [-0.2, -0.15) is 0 Å². The number of carbonyl (C=O) groups excluding carboxylic acids is 2. The molecule has 0 bridgehead atoms. The van der Waals surface area contributed by atoms with Gasteiger partial charge in [-0.15, -0.1) is 0 Å². The highest BCUT2D eigenvalue weighted by Gasteiger charge is 2.63. The van der Waals surface area contributed by atoms with Crippen molar-refractivity contribution >= 4 is 11.8 Å². The number of Topliss-reactive ketones (excluding diaryl/α,β-unsaturated/α-hetero) is 1. The third-order valence-electron chi connectivity index (χ3n) is 10.9. The Morgan fingerprint density at radius 1 is 1.15 bits per heavy atom. The van der Waals surface area contributed by atoms with Crippen molar-refractivity contribution in [3.63, 3.8) is 0 Å². The number of aryl methyl sites for hydroxylation is 1. The molecule has 4 aliphatic carbocycles. The summed E-state index contributed by atoms with van der Waals surface area (Å²) in [5.74, 6) is 2.78. The van der Waals surface area contributed by atoms with Gasteiger partial charge in [-0.25, -0.2) is 0 Å². The molecule has 0 amide bonds. The first-order chi connectivity index (χ1) is 16.0. The zero-order valence-corrected chi connectivity index (χ0v) is 21.5. The molecule has 5 rings (SSSR count). The monoisotopic (exact) mass is 467 g/mol. The zero-order valence-electron chi connectivity index (χ0n) is 21.5. The molecule has 0 spiro atoms. The Labute approximate surface area is 204 Å². The van der Waals surface area contributed by atoms with Gasteiger partial charge in [0.15, 0.2) is 0 Å². The highest BCUT2D eigenvalue weighted by Crippen LogP contribution is 2.68. The molecule has 4 aliphatic rings. The van der Waals surface area contributed by atoms with Crippen LogP contribution in [0.15, 0.2) is 12.3 Å². The summed E-state index contributed by atoms with van der Waals surface area (Å²) in [6, 6.07) is 1.83. The van der Waals surface area contributed by atoms with E-state index in [1.54, 1.807) is 0 Å². The second-order valence-corrected chi connectivity index (χ2v) is 12.5. The fourth-order valence-electron chi connectivity index (χ4n) is 9.31. The average molecular weight is 468 g/mol. The summed E-state index contributed by atoms with van der Waals surface area (Å²) in [6.45, 7) is 10.5. The van der Waals surface area contributed by atoms with Gasteiger partial charge in [0.25, 0.3) is 0 Å². The molecular formula is C29H41NO4. The SMILES string of the molecule is CC(=O)O[C@H]1CC[C@@]2(C)[C@H](C1)C(=O)C[C@@H]1[C@@H]2CC[C@]2(C)[C@@H]([C@@H](C)c3ncc(C)cc3O)CC[C@@H]12. The van der Waals surface area contributed by atoms with Gasteiger partial charge in [-0.1, -0.05) is 20.8 Å². The summed E-state index contributed by atoms with van der Waals surface area (Å²) < 4.78 is 5.54. The largest absolute Gasteiger partial charge is 0.506 e. The lowest BCUT2D eigenvalue weighted by Crippen LogP contribution is -2.57. The second kappa shape index (κ2) is 8.34. The number of ketones is 1. The molecule has 1 heterocycles. The standard InChI is InChI=1S/C29H41NO4/c1-16-12-26(33)27(30-15-16)17(2)21-6-7-22-20-14-25(32)24-13-19(34-18(3)31)8-10-29(24,5)23(20)9-11-28(21,22)4/h12,15,17,19-24,33H,6-11,13-14H2,1-5H3/t17-,19+,20+,21-,22+,23+,24-,28-,29-/m1/s1. The number of ether oxygens (including phenoxy) is 1. The maximum absolute atomic E-state index is 13.5. The number of aromatic nitrogens is 1. The van der Waals surface area contributed by atoms with Gasteiger partial charge in [-0.3, -0.25) is 14.6 Å². The molecule has 0 saturated heterocycles. The molecule has 5 nitrogen and oxygen atoms in total. The number of fused-ring (bicyclic) bond motifs is 5. The molecule has 0 aliphatic heterocycles. The fraction of sp³-hybridized carbons (Fsp3) is 0.759. The number of hydrogen-bond donors (Lipinski definition) is 1. The number of carbonyl (C=O) groups is 2.